The topological polar surface area (TPSA) is 105 Å². The summed E-state index contributed by atoms with van der Waals surface area (Å²) >= 11 is 0. The number of aliphatic hydroxyl groups excluding tert-OH is 1. The van der Waals surface area contributed by atoms with Crippen LogP contribution in [-0.4, -0.2) is 73.4 Å². The van der Waals surface area contributed by atoms with Gasteiger partial charge in [0, 0.05) is 6.42 Å². The number of amides is 1. The molecule has 0 fully saturated rings. The maximum absolute atomic E-state index is 13.1. The van der Waals surface area contributed by atoms with E-state index >= 15 is 0 Å². The lowest BCUT2D eigenvalue weighted by atomic mass is 10.0. The van der Waals surface area contributed by atoms with Gasteiger partial charge in [-0.3, -0.25) is 13.8 Å². The van der Waals surface area contributed by atoms with Gasteiger partial charge in [0.05, 0.1) is 39.9 Å². The van der Waals surface area contributed by atoms with E-state index in [4.69, 9.17) is 9.05 Å². The van der Waals surface area contributed by atoms with Gasteiger partial charge in [-0.2, -0.15) is 0 Å². The molecule has 0 saturated carbocycles. The number of phosphoric acid groups is 1. The molecular weight excluding hydrogens is 1020 g/mol. The second kappa shape index (κ2) is 64.0. The Morgan fingerprint density at radius 1 is 0.370 bits per heavy atom. The average Bonchev–Trinajstić information content (AvgIpc) is 3.43. The number of carbonyl (C=O) groups is 1. The van der Waals surface area contributed by atoms with E-state index in [1.54, 1.807) is 0 Å². The zero-order valence-electron chi connectivity index (χ0n) is 55.8. The lowest BCUT2D eigenvalue weighted by Crippen LogP contribution is -2.46. The second-order valence-electron chi connectivity index (χ2n) is 27.0. The molecule has 0 aliphatic heterocycles. The first-order chi connectivity index (χ1) is 39.5. The van der Waals surface area contributed by atoms with E-state index in [-0.39, 0.29) is 19.1 Å². The van der Waals surface area contributed by atoms with Gasteiger partial charge in [-0.15, -0.1) is 0 Å². The predicted molar refractivity (Wildman–Crippen MR) is 356 cm³/mol. The van der Waals surface area contributed by atoms with Crippen molar-refractivity contribution in [2.45, 2.75) is 418 Å². The van der Waals surface area contributed by atoms with Crippen LogP contribution in [0, 0.1) is 0 Å². The number of rotatable bonds is 70. The molecule has 3 unspecified atom stereocenters. The molecule has 0 spiro atoms. The summed E-state index contributed by atoms with van der Waals surface area (Å²) in [4.78, 5) is 23.5. The molecule has 0 aromatic rings. The maximum atomic E-state index is 13.1. The number of phosphoric ester groups is 1. The Bertz CT molecular complexity index is 1280. The van der Waals surface area contributed by atoms with Crippen LogP contribution in [0.5, 0.6) is 0 Å². The van der Waals surface area contributed by atoms with Crippen LogP contribution in [0.3, 0.4) is 0 Å². The quantitative estimate of drug-likeness (QED) is 0.0318. The summed E-state index contributed by atoms with van der Waals surface area (Å²) in [5, 5.41) is 14.2. The zero-order chi connectivity index (χ0) is 59.1. The summed E-state index contributed by atoms with van der Waals surface area (Å²) in [6, 6.07) is -0.757. The number of likely N-dealkylation sites (N-methyl/N-ethyl adjacent to an activating group) is 1. The summed E-state index contributed by atoms with van der Waals surface area (Å²) in [5.41, 5.74) is 0. The van der Waals surface area contributed by atoms with Crippen LogP contribution in [0.4, 0.5) is 0 Å². The highest BCUT2D eigenvalue weighted by molar-refractivity contribution is 7.47. The van der Waals surface area contributed by atoms with Crippen molar-refractivity contribution in [3.8, 4) is 0 Å². The first-order valence-electron chi connectivity index (χ1n) is 36.9. The highest BCUT2D eigenvalue weighted by atomic mass is 31.2. The summed E-state index contributed by atoms with van der Waals surface area (Å²) in [5.74, 6) is -0.132. The lowest BCUT2D eigenvalue weighted by molar-refractivity contribution is -0.870. The number of carbonyl (C=O) groups excluding carboxylic acids is 1. The molecule has 0 heterocycles. The molecule has 8 nitrogen and oxygen atoms in total. The molecule has 1 amide bonds. The molecule has 0 saturated heterocycles. The average molecular weight is 1170 g/mol. The van der Waals surface area contributed by atoms with Crippen LogP contribution in [0.15, 0.2) is 0 Å². The Labute approximate surface area is 508 Å². The molecule has 0 radical (unpaired) electrons. The number of quaternary nitrogens is 1. The van der Waals surface area contributed by atoms with E-state index in [2.05, 4.69) is 19.2 Å². The first-order valence-corrected chi connectivity index (χ1v) is 38.4. The van der Waals surface area contributed by atoms with Gasteiger partial charge in [-0.05, 0) is 12.8 Å². The summed E-state index contributed by atoms with van der Waals surface area (Å²) < 4.78 is 23.9. The molecule has 0 aromatic heterocycles. The van der Waals surface area contributed by atoms with Crippen molar-refractivity contribution in [2.75, 3.05) is 40.9 Å². The van der Waals surface area contributed by atoms with Gasteiger partial charge in [0.1, 0.15) is 13.2 Å². The van der Waals surface area contributed by atoms with Crippen molar-refractivity contribution in [3.63, 3.8) is 0 Å². The standard InChI is InChI=1S/C72H147N2O6P/c1-6-8-10-12-14-16-18-20-22-24-26-28-30-32-34-36-37-38-40-42-44-46-48-50-52-54-56-58-60-62-64-66-72(76)73-70(69-80-81(77,78)79-68-67-74(3,4)5)71(75)65-63-61-59-57-55-53-51-49-47-45-43-41-39-35-33-31-29-27-25-23-21-19-17-15-13-11-9-7-2/h70-71,75H,6-69H2,1-5H3,(H-,73,76,77,78)/p+1. The number of hydrogen-bond acceptors (Lipinski definition) is 5. The van der Waals surface area contributed by atoms with Crippen LogP contribution in [-0.2, 0) is 18.4 Å². The Morgan fingerprint density at radius 2 is 0.593 bits per heavy atom. The smallest absolute Gasteiger partial charge is 0.391 e. The minimum atomic E-state index is -4.33. The number of nitrogens with one attached hydrogen (secondary N) is 1. The maximum Gasteiger partial charge on any atom is 0.472 e. The molecule has 0 aliphatic carbocycles. The molecule has 486 valence electrons. The minimum Gasteiger partial charge on any atom is -0.391 e. The molecule has 0 bridgehead atoms. The molecule has 3 N–H and O–H groups in total. The Kier molecular flexibility index (Phi) is 63.6. The fourth-order valence-corrected chi connectivity index (χ4v) is 12.6. The fourth-order valence-electron chi connectivity index (χ4n) is 11.9. The van der Waals surface area contributed by atoms with Crippen molar-refractivity contribution < 1.29 is 32.9 Å². The van der Waals surface area contributed by atoms with E-state index < -0.39 is 20.0 Å². The largest absolute Gasteiger partial charge is 0.472 e. The number of unbranched alkanes of at least 4 members (excludes halogenated alkanes) is 57. The van der Waals surface area contributed by atoms with Crippen LogP contribution >= 0.6 is 7.82 Å². The highest BCUT2D eigenvalue weighted by Gasteiger charge is 2.28. The van der Waals surface area contributed by atoms with Gasteiger partial charge < -0.3 is 19.8 Å². The Hall–Kier alpha value is -0.500. The van der Waals surface area contributed by atoms with Crippen molar-refractivity contribution >= 4 is 13.7 Å². The minimum absolute atomic E-state index is 0.0796. The Balaban J connectivity index is 3.95. The SMILES string of the molecule is CCCCCCCCCCCCCCCCCCCCCCCCCCCCCCCCCC(=O)NC(COP(=O)(O)OCC[N+](C)(C)C)C(O)CCCCCCCCCCCCCCCCCCCCCCCCCCCCCC. The van der Waals surface area contributed by atoms with E-state index in [0.717, 1.165) is 38.5 Å². The summed E-state index contributed by atoms with van der Waals surface area (Å²) in [6.45, 7) is 4.97. The van der Waals surface area contributed by atoms with Gasteiger partial charge in [0.25, 0.3) is 0 Å². The van der Waals surface area contributed by atoms with E-state index in [1.807, 2.05) is 21.1 Å². The molecule has 9 heteroatoms. The number of hydrogen-bond donors (Lipinski definition) is 3. The number of aliphatic hydroxyl groups is 1. The van der Waals surface area contributed by atoms with Crippen LogP contribution in [0.25, 0.3) is 0 Å². The third-order valence-electron chi connectivity index (χ3n) is 17.6. The van der Waals surface area contributed by atoms with Crippen LogP contribution in [0.1, 0.15) is 406 Å². The zero-order valence-corrected chi connectivity index (χ0v) is 56.7. The molecule has 0 rings (SSSR count). The predicted octanol–water partition coefficient (Wildman–Crippen LogP) is 23.5. The summed E-state index contributed by atoms with van der Waals surface area (Å²) in [7, 11) is 1.64. The molecule has 81 heavy (non-hydrogen) atoms. The van der Waals surface area contributed by atoms with Crippen molar-refractivity contribution in [1.82, 2.24) is 5.32 Å². The molecule has 3 atom stereocenters. The van der Waals surface area contributed by atoms with Crippen molar-refractivity contribution in [3.05, 3.63) is 0 Å². The molecule has 0 aromatic carbocycles. The van der Waals surface area contributed by atoms with Crippen molar-refractivity contribution in [2.24, 2.45) is 0 Å². The van der Waals surface area contributed by atoms with E-state index in [9.17, 15) is 19.4 Å². The number of nitrogens with zero attached hydrogens (tertiary/aromatic N) is 1. The van der Waals surface area contributed by atoms with Crippen molar-refractivity contribution in [1.29, 1.82) is 0 Å². The third kappa shape index (κ3) is 66.9. The van der Waals surface area contributed by atoms with Gasteiger partial charge in [-0.1, -0.05) is 386 Å². The van der Waals surface area contributed by atoms with E-state index in [0.29, 0.717) is 23.9 Å². The van der Waals surface area contributed by atoms with Gasteiger partial charge in [0.15, 0.2) is 0 Å². The highest BCUT2D eigenvalue weighted by Crippen LogP contribution is 2.43. The fraction of sp³-hybridized carbons (Fsp3) is 0.986. The normalized spacial score (nSPS) is 13.5. The molecule has 0 aliphatic rings. The summed E-state index contributed by atoms with van der Waals surface area (Å²) in [6.07, 6.45) is 80.8. The second-order valence-corrected chi connectivity index (χ2v) is 28.5. The lowest BCUT2D eigenvalue weighted by Gasteiger charge is -2.26. The van der Waals surface area contributed by atoms with Crippen LogP contribution in [0.2, 0.25) is 0 Å². The van der Waals surface area contributed by atoms with Crippen LogP contribution < -0.4 is 5.32 Å². The molecular formula is C72H148N2O6P+. The van der Waals surface area contributed by atoms with Gasteiger partial charge >= 0.3 is 7.82 Å². The first kappa shape index (κ1) is 80.5. The van der Waals surface area contributed by atoms with Gasteiger partial charge in [0.2, 0.25) is 5.91 Å². The Morgan fingerprint density at radius 3 is 0.827 bits per heavy atom. The third-order valence-corrected chi connectivity index (χ3v) is 18.6. The van der Waals surface area contributed by atoms with E-state index in [1.165, 1.54) is 340 Å². The van der Waals surface area contributed by atoms with Gasteiger partial charge in [-0.25, -0.2) is 4.57 Å². The monoisotopic (exact) mass is 1170 g/mol.